The van der Waals surface area contributed by atoms with Crippen molar-refractivity contribution in [3.8, 4) is 5.75 Å². The normalized spacial score (nSPS) is 10.9. The first-order valence-electron chi connectivity index (χ1n) is 5.72. The van der Waals surface area contributed by atoms with Crippen LogP contribution in [0.3, 0.4) is 0 Å². The minimum atomic E-state index is -0.408. The second kappa shape index (κ2) is 7.25. The molecular formula is C13H19FO3. The Morgan fingerprint density at radius 1 is 1.24 bits per heavy atom. The summed E-state index contributed by atoms with van der Waals surface area (Å²) in [6.07, 6.45) is 0. The van der Waals surface area contributed by atoms with Crippen LogP contribution in [0.1, 0.15) is 19.4 Å². The van der Waals surface area contributed by atoms with E-state index in [2.05, 4.69) is 13.8 Å². The van der Waals surface area contributed by atoms with Crippen LogP contribution in [0.5, 0.6) is 5.75 Å². The molecule has 0 bridgehead atoms. The van der Waals surface area contributed by atoms with E-state index in [-0.39, 0.29) is 6.61 Å². The molecule has 0 radical (unpaired) electrons. The summed E-state index contributed by atoms with van der Waals surface area (Å²) in [6, 6.07) is 4.19. The Balaban J connectivity index is 2.33. The summed E-state index contributed by atoms with van der Waals surface area (Å²) in [5, 5.41) is 8.91. The molecule has 0 aliphatic rings. The number of rotatable bonds is 7. The maximum atomic E-state index is 13.1. The van der Waals surface area contributed by atoms with Crippen LogP contribution in [0, 0.1) is 11.7 Å². The van der Waals surface area contributed by atoms with Gasteiger partial charge in [-0.05, 0) is 23.6 Å². The lowest BCUT2D eigenvalue weighted by Gasteiger charge is -2.09. The third kappa shape index (κ3) is 5.65. The van der Waals surface area contributed by atoms with E-state index in [9.17, 15) is 4.39 Å². The summed E-state index contributed by atoms with van der Waals surface area (Å²) in [6.45, 7) is 5.48. The monoisotopic (exact) mass is 242 g/mol. The van der Waals surface area contributed by atoms with Gasteiger partial charge in [0.2, 0.25) is 0 Å². The molecule has 0 fully saturated rings. The highest BCUT2D eigenvalue weighted by Crippen LogP contribution is 2.16. The van der Waals surface area contributed by atoms with E-state index in [0.717, 1.165) is 0 Å². The smallest absolute Gasteiger partial charge is 0.127 e. The third-order valence-corrected chi connectivity index (χ3v) is 2.06. The van der Waals surface area contributed by atoms with Crippen molar-refractivity contribution < 1.29 is 19.0 Å². The quantitative estimate of drug-likeness (QED) is 0.746. The highest BCUT2D eigenvalue weighted by atomic mass is 19.1. The van der Waals surface area contributed by atoms with Gasteiger partial charge < -0.3 is 14.6 Å². The van der Waals surface area contributed by atoms with Gasteiger partial charge in [0.1, 0.15) is 18.2 Å². The van der Waals surface area contributed by atoms with Crippen molar-refractivity contribution in [1.29, 1.82) is 0 Å². The Morgan fingerprint density at radius 2 is 2.00 bits per heavy atom. The van der Waals surface area contributed by atoms with Crippen LogP contribution in [-0.2, 0) is 11.3 Å². The Bertz CT molecular complexity index is 339. The van der Waals surface area contributed by atoms with E-state index in [0.29, 0.717) is 37.1 Å². The second-order valence-corrected chi connectivity index (χ2v) is 4.27. The highest BCUT2D eigenvalue weighted by molar-refractivity contribution is 5.29. The number of aliphatic hydroxyl groups excluding tert-OH is 1. The van der Waals surface area contributed by atoms with Gasteiger partial charge in [0.05, 0.1) is 13.2 Å². The molecule has 0 saturated carbocycles. The topological polar surface area (TPSA) is 38.7 Å². The Hall–Kier alpha value is -1.13. The van der Waals surface area contributed by atoms with Crippen molar-refractivity contribution in [3.05, 3.63) is 29.6 Å². The molecule has 1 aromatic rings. The molecule has 0 amide bonds. The third-order valence-electron chi connectivity index (χ3n) is 2.06. The van der Waals surface area contributed by atoms with E-state index >= 15 is 0 Å². The molecule has 0 atom stereocenters. The SMILES string of the molecule is CC(C)COCCOc1cc(F)cc(CO)c1. The van der Waals surface area contributed by atoms with E-state index in [1.807, 2.05) is 0 Å². The molecule has 0 heterocycles. The predicted molar refractivity (Wildman–Crippen MR) is 63.5 cm³/mol. The standard InChI is InChI=1S/C13H19FO3/c1-10(2)9-16-3-4-17-13-6-11(8-15)5-12(14)7-13/h5-7,10,15H,3-4,8-9H2,1-2H3. The molecule has 0 saturated heterocycles. The highest BCUT2D eigenvalue weighted by Gasteiger charge is 2.01. The lowest BCUT2D eigenvalue weighted by Crippen LogP contribution is -2.10. The second-order valence-electron chi connectivity index (χ2n) is 4.27. The molecule has 3 nitrogen and oxygen atoms in total. The Kier molecular flexibility index (Phi) is 5.94. The molecule has 1 N–H and O–H groups in total. The number of hydrogen-bond donors (Lipinski definition) is 1. The molecule has 4 heteroatoms. The summed E-state index contributed by atoms with van der Waals surface area (Å²) in [4.78, 5) is 0. The zero-order chi connectivity index (χ0) is 12.7. The van der Waals surface area contributed by atoms with Gasteiger partial charge in [0.15, 0.2) is 0 Å². The molecular weight excluding hydrogens is 223 g/mol. The average molecular weight is 242 g/mol. The van der Waals surface area contributed by atoms with Crippen molar-refractivity contribution in [3.63, 3.8) is 0 Å². The van der Waals surface area contributed by atoms with Crippen LogP contribution in [0.2, 0.25) is 0 Å². The molecule has 96 valence electrons. The fourth-order valence-corrected chi connectivity index (χ4v) is 1.33. The largest absolute Gasteiger partial charge is 0.491 e. The zero-order valence-corrected chi connectivity index (χ0v) is 10.3. The van der Waals surface area contributed by atoms with E-state index < -0.39 is 5.82 Å². The number of aliphatic hydroxyl groups is 1. The fraction of sp³-hybridized carbons (Fsp3) is 0.538. The van der Waals surface area contributed by atoms with E-state index in [1.165, 1.54) is 12.1 Å². The van der Waals surface area contributed by atoms with Crippen molar-refractivity contribution >= 4 is 0 Å². The number of benzene rings is 1. The van der Waals surface area contributed by atoms with Gasteiger partial charge in [0.25, 0.3) is 0 Å². The summed E-state index contributed by atoms with van der Waals surface area (Å²) >= 11 is 0. The molecule has 0 unspecified atom stereocenters. The maximum Gasteiger partial charge on any atom is 0.127 e. The lowest BCUT2D eigenvalue weighted by atomic mass is 10.2. The maximum absolute atomic E-state index is 13.1. The molecule has 0 aromatic heterocycles. The van der Waals surface area contributed by atoms with E-state index in [4.69, 9.17) is 14.6 Å². The minimum absolute atomic E-state index is 0.196. The van der Waals surface area contributed by atoms with Gasteiger partial charge in [-0.3, -0.25) is 0 Å². The average Bonchev–Trinajstić information content (AvgIpc) is 2.27. The van der Waals surface area contributed by atoms with Crippen LogP contribution in [0.4, 0.5) is 4.39 Å². The minimum Gasteiger partial charge on any atom is -0.491 e. The predicted octanol–water partition coefficient (Wildman–Crippen LogP) is 2.37. The van der Waals surface area contributed by atoms with Crippen LogP contribution >= 0.6 is 0 Å². The van der Waals surface area contributed by atoms with Gasteiger partial charge in [-0.15, -0.1) is 0 Å². The van der Waals surface area contributed by atoms with Crippen LogP contribution in [0.25, 0.3) is 0 Å². The van der Waals surface area contributed by atoms with Crippen LogP contribution in [0.15, 0.2) is 18.2 Å². The molecule has 0 aliphatic heterocycles. The van der Waals surface area contributed by atoms with Gasteiger partial charge in [-0.1, -0.05) is 13.8 Å². The number of ether oxygens (including phenoxy) is 2. The first-order chi connectivity index (χ1) is 8.11. The van der Waals surface area contributed by atoms with Gasteiger partial charge in [0, 0.05) is 12.7 Å². The summed E-state index contributed by atoms with van der Waals surface area (Å²) in [5.74, 6) is 0.502. The van der Waals surface area contributed by atoms with Crippen LogP contribution in [-0.4, -0.2) is 24.9 Å². The summed E-state index contributed by atoms with van der Waals surface area (Å²) in [5.41, 5.74) is 0.503. The molecule has 0 aliphatic carbocycles. The Morgan fingerprint density at radius 3 is 2.65 bits per heavy atom. The fourth-order valence-electron chi connectivity index (χ4n) is 1.33. The first-order valence-corrected chi connectivity index (χ1v) is 5.72. The van der Waals surface area contributed by atoms with Crippen LogP contribution < -0.4 is 4.74 Å². The van der Waals surface area contributed by atoms with E-state index in [1.54, 1.807) is 6.07 Å². The summed E-state index contributed by atoms with van der Waals surface area (Å²) < 4.78 is 23.7. The summed E-state index contributed by atoms with van der Waals surface area (Å²) in [7, 11) is 0. The van der Waals surface area contributed by atoms with Crippen molar-refractivity contribution in [2.75, 3.05) is 19.8 Å². The zero-order valence-electron chi connectivity index (χ0n) is 10.3. The molecule has 1 rings (SSSR count). The van der Waals surface area contributed by atoms with Crippen molar-refractivity contribution in [1.82, 2.24) is 0 Å². The molecule has 1 aromatic carbocycles. The number of hydrogen-bond acceptors (Lipinski definition) is 3. The van der Waals surface area contributed by atoms with Gasteiger partial charge in [-0.2, -0.15) is 0 Å². The van der Waals surface area contributed by atoms with Crippen molar-refractivity contribution in [2.24, 2.45) is 5.92 Å². The molecule has 17 heavy (non-hydrogen) atoms. The molecule has 0 spiro atoms. The van der Waals surface area contributed by atoms with Gasteiger partial charge >= 0.3 is 0 Å². The Labute approximate surface area is 101 Å². The first kappa shape index (κ1) is 13.9. The lowest BCUT2D eigenvalue weighted by molar-refractivity contribution is 0.0817. The van der Waals surface area contributed by atoms with Crippen molar-refractivity contribution in [2.45, 2.75) is 20.5 Å². The van der Waals surface area contributed by atoms with Gasteiger partial charge in [-0.25, -0.2) is 4.39 Å². The number of halogens is 1.